The average Bonchev–Trinajstić information content (AvgIpc) is 2.62. The Bertz CT molecular complexity index is 821. The highest BCUT2D eigenvalue weighted by molar-refractivity contribution is 7.80. The van der Waals surface area contributed by atoms with E-state index >= 15 is 0 Å². The van der Waals surface area contributed by atoms with Crippen molar-refractivity contribution in [3.05, 3.63) is 58.9 Å². The van der Waals surface area contributed by atoms with Crippen LogP contribution in [0.1, 0.15) is 5.56 Å². The van der Waals surface area contributed by atoms with Crippen LogP contribution in [0.15, 0.2) is 47.6 Å². The summed E-state index contributed by atoms with van der Waals surface area (Å²) in [7, 11) is 0. The predicted octanol–water partition coefficient (Wildman–Crippen LogP) is 2.97. The van der Waals surface area contributed by atoms with Crippen molar-refractivity contribution in [3.63, 3.8) is 0 Å². The molecule has 0 aromatic heterocycles. The Morgan fingerprint density at radius 2 is 1.88 bits per heavy atom. The molecule has 26 heavy (non-hydrogen) atoms. The number of hydrogen-bond donors (Lipinski definition) is 2. The standard InChI is InChI=1S/C18H19ClFN5S/c19-14-2-1-3-15(11-14)24-6-8-25(9-7-24)17-5-4-13(10-16(17)20)12-22-23-18(21)26/h1-5,10-12H,6-9H2,(H3,21,23,26). The zero-order chi connectivity index (χ0) is 18.5. The van der Waals surface area contributed by atoms with Crippen LogP contribution in [0.3, 0.4) is 0 Å². The van der Waals surface area contributed by atoms with E-state index in [4.69, 9.17) is 17.3 Å². The number of hydrazone groups is 1. The number of nitrogens with two attached hydrogens (primary N) is 1. The lowest BCUT2D eigenvalue weighted by molar-refractivity contribution is 0.598. The van der Waals surface area contributed by atoms with E-state index in [1.165, 1.54) is 12.3 Å². The summed E-state index contributed by atoms with van der Waals surface area (Å²) >= 11 is 10.7. The SMILES string of the molecule is NC(=S)NN=Cc1ccc(N2CCN(c3cccc(Cl)c3)CC2)c(F)c1. The van der Waals surface area contributed by atoms with Crippen LogP contribution in [0, 0.1) is 5.82 Å². The summed E-state index contributed by atoms with van der Waals surface area (Å²) < 4.78 is 14.5. The first kappa shape index (κ1) is 18.4. The Morgan fingerprint density at radius 1 is 1.15 bits per heavy atom. The molecule has 0 atom stereocenters. The minimum atomic E-state index is -0.277. The molecule has 3 rings (SSSR count). The first-order valence-electron chi connectivity index (χ1n) is 8.16. The highest BCUT2D eigenvalue weighted by atomic mass is 35.5. The second kappa shape index (κ2) is 8.33. The largest absolute Gasteiger partial charge is 0.375 e. The van der Waals surface area contributed by atoms with E-state index in [9.17, 15) is 4.39 Å². The maximum absolute atomic E-state index is 14.5. The number of hydrogen-bond acceptors (Lipinski definition) is 4. The van der Waals surface area contributed by atoms with E-state index < -0.39 is 0 Å². The molecule has 0 radical (unpaired) electrons. The van der Waals surface area contributed by atoms with E-state index in [-0.39, 0.29) is 10.9 Å². The highest BCUT2D eigenvalue weighted by Gasteiger charge is 2.20. The molecule has 1 aliphatic heterocycles. The van der Waals surface area contributed by atoms with Crippen molar-refractivity contribution in [2.75, 3.05) is 36.0 Å². The Hall–Kier alpha value is -2.38. The van der Waals surface area contributed by atoms with Gasteiger partial charge in [0.1, 0.15) is 5.82 Å². The van der Waals surface area contributed by atoms with Gasteiger partial charge in [0.15, 0.2) is 5.11 Å². The van der Waals surface area contributed by atoms with Crippen molar-refractivity contribution in [3.8, 4) is 0 Å². The molecule has 3 N–H and O–H groups in total. The lowest BCUT2D eigenvalue weighted by Gasteiger charge is -2.37. The summed E-state index contributed by atoms with van der Waals surface area (Å²) in [5.74, 6) is -0.277. The van der Waals surface area contributed by atoms with E-state index in [2.05, 4.69) is 27.6 Å². The Kier molecular flexibility index (Phi) is 5.90. The number of piperazine rings is 1. The fourth-order valence-corrected chi connectivity index (χ4v) is 3.15. The van der Waals surface area contributed by atoms with Gasteiger partial charge in [-0.25, -0.2) is 4.39 Å². The summed E-state index contributed by atoms with van der Waals surface area (Å²) in [6, 6.07) is 12.8. The first-order valence-corrected chi connectivity index (χ1v) is 8.95. The second-order valence-corrected chi connectivity index (χ2v) is 6.78. The Morgan fingerprint density at radius 3 is 2.54 bits per heavy atom. The minimum absolute atomic E-state index is 0.0657. The fourth-order valence-electron chi connectivity index (χ4n) is 2.91. The van der Waals surface area contributed by atoms with Crippen molar-refractivity contribution in [2.45, 2.75) is 0 Å². The molecule has 1 heterocycles. The zero-order valence-electron chi connectivity index (χ0n) is 14.0. The summed E-state index contributed by atoms with van der Waals surface area (Å²) in [6.07, 6.45) is 1.48. The second-order valence-electron chi connectivity index (χ2n) is 5.90. The number of halogens is 2. The van der Waals surface area contributed by atoms with Gasteiger partial charge in [0, 0.05) is 36.9 Å². The molecule has 8 heteroatoms. The predicted molar refractivity (Wildman–Crippen MR) is 110 cm³/mol. The molecular formula is C18H19ClFN5S. The quantitative estimate of drug-likeness (QED) is 0.476. The van der Waals surface area contributed by atoms with Gasteiger partial charge in [-0.3, -0.25) is 5.43 Å². The molecular weight excluding hydrogens is 373 g/mol. The Labute approximate surface area is 162 Å². The summed E-state index contributed by atoms with van der Waals surface area (Å²) in [4.78, 5) is 4.30. The smallest absolute Gasteiger partial charge is 0.184 e. The first-order chi connectivity index (χ1) is 12.5. The van der Waals surface area contributed by atoms with E-state index in [0.29, 0.717) is 11.3 Å². The molecule has 5 nitrogen and oxygen atoms in total. The topological polar surface area (TPSA) is 56.9 Å². The third kappa shape index (κ3) is 4.62. The summed E-state index contributed by atoms with van der Waals surface area (Å²) in [6.45, 7) is 3.08. The molecule has 2 aromatic carbocycles. The third-order valence-corrected chi connectivity index (χ3v) is 4.48. The van der Waals surface area contributed by atoms with Crippen LogP contribution in [0.4, 0.5) is 15.8 Å². The van der Waals surface area contributed by atoms with E-state index in [0.717, 1.165) is 36.9 Å². The van der Waals surface area contributed by atoms with Crippen molar-refractivity contribution in [1.29, 1.82) is 0 Å². The minimum Gasteiger partial charge on any atom is -0.375 e. The number of rotatable bonds is 4. The average molecular weight is 392 g/mol. The molecule has 0 saturated carbocycles. The van der Waals surface area contributed by atoms with Crippen LogP contribution in [-0.4, -0.2) is 37.5 Å². The lowest BCUT2D eigenvalue weighted by atomic mass is 10.1. The van der Waals surface area contributed by atoms with E-state index in [1.54, 1.807) is 6.07 Å². The van der Waals surface area contributed by atoms with Crippen LogP contribution in [0.25, 0.3) is 0 Å². The highest BCUT2D eigenvalue weighted by Crippen LogP contribution is 2.25. The molecule has 2 aromatic rings. The Balaban J connectivity index is 1.64. The van der Waals surface area contributed by atoms with Crippen LogP contribution < -0.4 is 21.0 Å². The van der Waals surface area contributed by atoms with E-state index in [1.807, 2.05) is 35.2 Å². The van der Waals surface area contributed by atoms with Crippen LogP contribution in [-0.2, 0) is 0 Å². The van der Waals surface area contributed by atoms with Gasteiger partial charge in [0.05, 0.1) is 11.9 Å². The molecule has 1 fully saturated rings. The maximum atomic E-state index is 14.5. The molecule has 0 aliphatic carbocycles. The maximum Gasteiger partial charge on any atom is 0.184 e. The molecule has 0 amide bonds. The monoisotopic (exact) mass is 391 g/mol. The van der Waals surface area contributed by atoms with Gasteiger partial charge in [0.2, 0.25) is 0 Å². The fraction of sp³-hybridized carbons (Fsp3) is 0.222. The van der Waals surface area contributed by atoms with Crippen molar-refractivity contribution >= 4 is 46.5 Å². The zero-order valence-corrected chi connectivity index (χ0v) is 15.6. The summed E-state index contributed by atoms with van der Waals surface area (Å²) in [5.41, 5.74) is 10.0. The molecule has 0 unspecified atom stereocenters. The van der Waals surface area contributed by atoms with Crippen LogP contribution >= 0.6 is 23.8 Å². The number of thiocarbonyl (C=S) groups is 1. The van der Waals surface area contributed by atoms with Gasteiger partial charge < -0.3 is 15.5 Å². The number of nitrogens with zero attached hydrogens (tertiary/aromatic N) is 3. The van der Waals surface area contributed by atoms with Crippen molar-refractivity contribution in [2.24, 2.45) is 10.8 Å². The number of nitrogens with one attached hydrogen (secondary N) is 1. The van der Waals surface area contributed by atoms with Crippen LogP contribution in [0.5, 0.6) is 0 Å². The van der Waals surface area contributed by atoms with Gasteiger partial charge in [-0.1, -0.05) is 23.7 Å². The third-order valence-electron chi connectivity index (χ3n) is 4.15. The lowest BCUT2D eigenvalue weighted by Crippen LogP contribution is -2.46. The van der Waals surface area contributed by atoms with Crippen molar-refractivity contribution in [1.82, 2.24) is 5.43 Å². The van der Waals surface area contributed by atoms with Gasteiger partial charge in [-0.15, -0.1) is 0 Å². The van der Waals surface area contributed by atoms with Crippen molar-refractivity contribution < 1.29 is 4.39 Å². The molecule has 0 spiro atoms. The van der Waals surface area contributed by atoms with Gasteiger partial charge in [-0.05, 0) is 48.1 Å². The molecule has 1 saturated heterocycles. The molecule has 136 valence electrons. The van der Waals surface area contributed by atoms with Crippen LogP contribution in [0.2, 0.25) is 5.02 Å². The molecule has 1 aliphatic rings. The summed E-state index contributed by atoms with van der Waals surface area (Å²) in [5, 5.41) is 4.62. The number of benzene rings is 2. The van der Waals surface area contributed by atoms with Gasteiger partial charge in [0.25, 0.3) is 0 Å². The number of anilines is 2. The van der Waals surface area contributed by atoms with Gasteiger partial charge >= 0.3 is 0 Å². The molecule has 0 bridgehead atoms. The normalized spacial score (nSPS) is 14.7. The van der Waals surface area contributed by atoms with Gasteiger partial charge in [-0.2, -0.15) is 5.10 Å².